The smallest absolute Gasteiger partial charge is 0.119 e. The Morgan fingerprint density at radius 1 is 0.833 bits per heavy atom. The zero-order chi connectivity index (χ0) is 20.8. The molecular formula is C27H18N2O. The van der Waals surface area contributed by atoms with Crippen molar-refractivity contribution < 1.29 is 4.74 Å². The molecule has 30 heavy (non-hydrogen) atoms. The molecule has 4 aromatic rings. The summed E-state index contributed by atoms with van der Waals surface area (Å²) in [7, 11) is 0. The second-order valence-electron chi connectivity index (χ2n) is 6.86. The lowest BCUT2D eigenvalue weighted by atomic mass is 10.0. The Bertz CT molecular complexity index is 1300. The molecule has 0 aliphatic carbocycles. The van der Waals surface area contributed by atoms with Gasteiger partial charge < -0.3 is 4.74 Å². The maximum Gasteiger partial charge on any atom is 0.119 e. The topological polar surface area (TPSA) is 56.8 Å². The molecule has 0 bridgehead atoms. The van der Waals surface area contributed by atoms with Crippen LogP contribution in [-0.2, 0) is 6.61 Å². The number of rotatable bonds is 5. The van der Waals surface area contributed by atoms with E-state index >= 15 is 0 Å². The highest BCUT2D eigenvalue weighted by Crippen LogP contribution is 2.23. The maximum atomic E-state index is 9.53. The molecule has 0 saturated carbocycles. The van der Waals surface area contributed by atoms with Crippen LogP contribution >= 0.6 is 0 Å². The number of benzene rings is 4. The fraction of sp³-hybridized carbons (Fsp3) is 0.0370. The van der Waals surface area contributed by atoms with Crippen LogP contribution in [0.25, 0.3) is 22.4 Å². The highest BCUT2D eigenvalue weighted by Gasteiger charge is 2.04. The summed E-state index contributed by atoms with van der Waals surface area (Å²) in [4.78, 5) is 0. The van der Waals surface area contributed by atoms with Crippen LogP contribution in [0.4, 0.5) is 0 Å². The summed E-state index contributed by atoms with van der Waals surface area (Å²) < 4.78 is 5.98. The van der Waals surface area contributed by atoms with Crippen LogP contribution in [0.1, 0.15) is 22.3 Å². The standard InChI is InChI=1S/C27H18N2O/c28-17-21-5-3-8-23(16-21)25(18-29)15-20-11-13-26(14-12-20)30-19-24-9-4-7-22-6-1-2-10-27(22)24/h1-16H,19H2/b25-15-. The van der Waals surface area contributed by atoms with Crippen molar-refractivity contribution in [2.24, 2.45) is 0 Å². The van der Waals surface area contributed by atoms with Crippen molar-refractivity contribution in [1.29, 1.82) is 10.5 Å². The van der Waals surface area contributed by atoms with Gasteiger partial charge in [-0.3, -0.25) is 0 Å². The fourth-order valence-electron chi connectivity index (χ4n) is 3.34. The van der Waals surface area contributed by atoms with Gasteiger partial charge >= 0.3 is 0 Å². The number of hydrogen-bond acceptors (Lipinski definition) is 3. The predicted molar refractivity (Wildman–Crippen MR) is 119 cm³/mol. The molecule has 0 atom stereocenters. The molecule has 0 aliphatic rings. The first kappa shape index (κ1) is 19.0. The normalized spacial score (nSPS) is 10.9. The molecule has 0 radical (unpaired) electrons. The molecule has 0 N–H and O–H groups in total. The molecular weight excluding hydrogens is 368 g/mol. The van der Waals surface area contributed by atoms with E-state index in [2.05, 4.69) is 36.4 Å². The number of fused-ring (bicyclic) bond motifs is 1. The van der Waals surface area contributed by atoms with Gasteiger partial charge in [0, 0.05) is 0 Å². The Hall–Kier alpha value is -4.34. The van der Waals surface area contributed by atoms with Gasteiger partial charge in [0.2, 0.25) is 0 Å². The van der Waals surface area contributed by atoms with E-state index < -0.39 is 0 Å². The van der Waals surface area contributed by atoms with Gasteiger partial charge in [-0.15, -0.1) is 0 Å². The first-order valence-corrected chi connectivity index (χ1v) is 9.59. The minimum Gasteiger partial charge on any atom is -0.489 e. The van der Waals surface area contributed by atoms with E-state index in [0.717, 1.165) is 22.4 Å². The summed E-state index contributed by atoms with van der Waals surface area (Å²) in [6.07, 6.45) is 1.81. The number of nitrogens with zero attached hydrogens (tertiary/aromatic N) is 2. The molecule has 142 valence electrons. The van der Waals surface area contributed by atoms with Crippen LogP contribution in [0.3, 0.4) is 0 Å². The maximum absolute atomic E-state index is 9.53. The molecule has 0 aliphatic heterocycles. The van der Waals surface area contributed by atoms with Crippen molar-refractivity contribution in [3.63, 3.8) is 0 Å². The van der Waals surface area contributed by atoms with Crippen LogP contribution in [-0.4, -0.2) is 0 Å². The van der Waals surface area contributed by atoms with Gasteiger partial charge in [0.15, 0.2) is 0 Å². The van der Waals surface area contributed by atoms with Gasteiger partial charge in [-0.25, -0.2) is 0 Å². The number of allylic oxidation sites excluding steroid dienone is 1. The molecule has 0 heterocycles. The quantitative estimate of drug-likeness (QED) is 0.296. The minimum absolute atomic E-state index is 0.487. The second kappa shape index (κ2) is 8.78. The van der Waals surface area contributed by atoms with Crippen LogP contribution in [0.5, 0.6) is 5.75 Å². The highest BCUT2D eigenvalue weighted by atomic mass is 16.5. The molecule has 4 aromatic carbocycles. The zero-order valence-corrected chi connectivity index (χ0v) is 16.2. The molecule has 0 spiro atoms. The lowest BCUT2D eigenvalue weighted by Gasteiger charge is -2.09. The van der Waals surface area contributed by atoms with Crippen molar-refractivity contribution in [3.8, 4) is 17.9 Å². The van der Waals surface area contributed by atoms with Crippen LogP contribution in [0.2, 0.25) is 0 Å². The second-order valence-corrected chi connectivity index (χ2v) is 6.86. The van der Waals surface area contributed by atoms with E-state index in [1.165, 1.54) is 10.8 Å². The van der Waals surface area contributed by atoms with Gasteiger partial charge in [-0.2, -0.15) is 10.5 Å². The first-order valence-electron chi connectivity index (χ1n) is 9.59. The third-order valence-electron chi connectivity index (χ3n) is 4.89. The third kappa shape index (κ3) is 4.22. The van der Waals surface area contributed by atoms with Gasteiger partial charge in [0.25, 0.3) is 0 Å². The average molecular weight is 386 g/mol. The third-order valence-corrected chi connectivity index (χ3v) is 4.89. The molecule has 3 nitrogen and oxygen atoms in total. The van der Waals surface area contributed by atoms with Crippen molar-refractivity contribution in [2.45, 2.75) is 6.61 Å². The Labute approximate surface area is 175 Å². The Morgan fingerprint density at radius 2 is 1.60 bits per heavy atom. The first-order chi connectivity index (χ1) is 14.8. The van der Waals surface area contributed by atoms with E-state index in [0.29, 0.717) is 17.7 Å². The monoisotopic (exact) mass is 386 g/mol. The summed E-state index contributed by atoms with van der Waals surface area (Å²) in [6, 6.07) is 33.5. The van der Waals surface area contributed by atoms with Gasteiger partial charge in [0.05, 0.1) is 23.3 Å². The summed E-state index contributed by atoms with van der Waals surface area (Å²) in [6.45, 7) is 0.487. The molecule has 0 fully saturated rings. The molecule has 3 heteroatoms. The van der Waals surface area contributed by atoms with Gasteiger partial charge in [0.1, 0.15) is 12.4 Å². The molecule has 0 unspecified atom stereocenters. The molecule has 4 rings (SSSR count). The summed E-state index contributed by atoms with van der Waals surface area (Å²) in [5.74, 6) is 0.769. The number of nitriles is 2. The molecule has 0 amide bonds. The molecule has 0 saturated heterocycles. The largest absolute Gasteiger partial charge is 0.489 e. The Morgan fingerprint density at radius 3 is 2.40 bits per heavy atom. The number of hydrogen-bond donors (Lipinski definition) is 0. The lowest BCUT2D eigenvalue weighted by Crippen LogP contribution is -1.96. The van der Waals surface area contributed by atoms with Gasteiger partial charge in [-0.05, 0) is 57.8 Å². The minimum atomic E-state index is 0.487. The van der Waals surface area contributed by atoms with Crippen LogP contribution in [0.15, 0.2) is 91.0 Å². The highest BCUT2D eigenvalue weighted by molar-refractivity contribution is 5.90. The SMILES string of the molecule is N#C/C(=C/c1ccc(OCc2cccc3ccccc23)cc1)c1cccc(C#N)c1. The zero-order valence-electron chi connectivity index (χ0n) is 16.2. The summed E-state index contributed by atoms with van der Waals surface area (Å²) in [5.41, 5.74) is 3.81. The Balaban J connectivity index is 1.50. The average Bonchev–Trinajstić information content (AvgIpc) is 2.82. The lowest BCUT2D eigenvalue weighted by molar-refractivity contribution is 0.307. The van der Waals surface area contributed by atoms with Crippen LogP contribution in [0, 0.1) is 22.7 Å². The van der Waals surface area contributed by atoms with E-state index in [1.54, 1.807) is 18.2 Å². The summed E-state index contributed by atoms with van der Waals surface area (Å²) >= 11 is 0. The van der Waals surface area contributed by atoms with E-state index in [4.69, 9.17) is 10.00 Å². The van der Waals surface area contributed by atoms with E-state index in [9.17, 15) is 5.26 Å². The van der Waals surface area contributed by atoms with Gasteiger partial charge in [-0.1, -0.05) is 66.7 Å². The van der Waals surface area contributed by atoms with Crippen molar-refractivity contribution in [1.82, 2.24) is 0 Å². The molecule has 0 aromatic heterocycles. The fourth-order valence-corrected chi connectivity index (χ4v) is 3.34. The van der Waals surface area contributed by atoms with E-state index in [-0.39, 0.29) is 0 Å². The summed E-state index contributed by atoms with van der Waals surface area (Å²) in [5, 5.41) is 21.0. The van der Waals surface area contributed by atoms with Crippen LogP contribution < -0.4 is 4.74 Å². The Kier molecular flexibility index (Phi) is 5.56. The number of ether oxygens (including phenoxy) is 1. The van der Waals surface area contributed by atoms with Crippen molar-refractivity contribution in [3.05, 3.63) is 113 Å². The predicted octanol–water partition coefficient (Wildman–Crippen LogP) is 6.35. The van der Waals surface area contributed by atoms with E-state index in [1.807, 2.05) is 54.6 Å². The van der Waals surface area contributed by atoms with Crippen molar-refractivity contribution in [2.75, 3.05) is 0 Å². The van der Waals surface area contributed by atoms with Crippen molar-refractivity contribution >= 4 is 22.4 Å².